The Kier molecular flexibility index (Phi) is 5.98. The highest BCUT2D eigenvalue weighted by atomic mass is 32.2. The van der Waals surface area contributed by atoms with Gasteiger partial charge < -0.3 is 4.74 Å². The lowest BCUT2D eigenvalue weighted by Crippen LogP contribution is -2.35. The fourth-order valence-corrected chi connectivity index (χ4v) is 2.97. The molecule has 106 valence electrons. The lowest BCUT2D eigenvalue weighted by molar-refractivity contribution is -0.142. The molecule has 1 aromatic carbocycles. The third-order valence-electron chi connectivity index (χ3n) is 2.63. The van der Waals surface area contributed by atoms with Crippen LogP contribution in [-0.4, -0.2) is 27.2 Å². The number of rotatable bonds is 7. The summed E-state index contributed by atoms with van der Waals surface area (Å²) in [7, 11) is -2.26. The minimum atomic E-state index is -3.50. The van der Waals surface area contributed by atoms with Crippen LogP contribution in [0.3, 0.4) is 0 Å². The number of benzene rings is 1. The first-order valence-electron chi connectivity index (χ1n) is 6.13. The van der Waals surface area contributed by atoms with E-state index in [4.69, 9.17) is 0 Å². The van der Waals surface area contributed by atoms with E-state index in [0.717, 1.165) is 6.42 Å². The van der Waals surface area contributed by atoms with Crippen molar-refractivity contribution in [2.45, 2.75) is 25.8 Å². The van der Waals surface area contributed by atoms with Crippen LogP contribution in [0.4, 0.5) is 0 Å². The molecule has 0 radical (unpaired) electrons. The monoisotopic (exact) mass is 285 g/mol. The summed E-state index contributed by atoms with van der Waals surface area (Å²) in [6.07, 6.45) is 1.33. The number of carbonyl (C=O) groups excluding carboxylic acids is 1. The van der Waals surface area contributed by atoms with Gasteiger partial charge in [-0.05, 0) is 12.0 Å². The van der Waals surface area contributed by atoms with Crippen LogP contribution in [0.5, 0.6) is 0 Å². The maximum atomic E-state index is 11.9. The standard InChI is InChI=1S/C13H19NO4S/c1-3-4-10-19(16,17)14-12(13(15)18-2)11-8-6-5-7-9-11/h5-9,12,14H,3-4,10H2,1-2H3. The summed E-state index contributed by atoms with van der Waals surface area (Å²) < 4.78 is 30.8. The number of sulfonamides is 1. The second-order valence-corrected chi connectivity index (χ2v) is 6.03. The summed E-state index contributed by atoms with van der Waals surface area (Å²) in [6, 6.07) is 7.65. The van der Waals surface area contributed by atoms with E-state index in [1.54, 1.807) is 30.3 Å². The third-order valence-corrected chi connectivity index (χ3v) is 4.05. The molecule has 0 saturated carbocycles. The van der Waals surface area contributed by atoms with E-state index >= 15 is 0 Å². The number of hydrogen-bond donors (Lipinski definition) is 1. The van der Waals surface area contributed by atoms with Gasteiger partial charge in [-0.25, -0.2) is 13.2 Å². The quantitative estimate of drug-likeness (QED) is 0.773. The molecular formula is C13H19NO4S. The van der Waals surface area contributed by atoms with Crippen LogP contribution in [0.1, 0.15) is 31.4 Å². The van der Waals surface area contributed by atoms with Gasteiger partial charge in [0.05, 0.1) is 12.9 Å². The molecule has 0 heterocycles. The Bertz CT molecular complexity index is 499. The van der Waals surface area contributed by atoms with Gasteiger partial charge in [0.25, 0.3) is 0 Å². The molecule has 1 aromatic rings. The van der Waals surface area contributed by atoms with E-state index in [2.05, 4.69) is 9.46 Å². The van der Waals surface area contributed by atoms with E-state index < -0.39 is 22.0 Å². The van der Waals surface area contributed by atoms with Crippen molar-refractivity contribution in [1.29, 1.82) is 0 Å². The van der Waals surface area contributed by atoms with Crippen molar-refractivity contribution in [1.82, 2.24) is 4.72 Å². The Balaban J connectivity index is 2.91. The normalized spacial score (nSPS) is 12.9. The zero-order chi connectivity index (χ0) is 14.3. The first-order chi connectivity index (χ1) is 9.00. The Morgan fingerprint density at radius 3 is 2.47 bits per heavy atom. The highest BCUT2D eigenvalue weighted by molar-refractivity contribution is 7.89. The van der Waals surface area contributed by atoms with Gasteiger partial charge in [-0.2, -0.15) is 4.72 Å². The van der Waals surface area contributed by atoms with Crippen molar-refractivity contribution in [3.63, 3.8) is 0 Å². The molecule has 0 bridgehead atoms. The zero-order valence-electron chi connectivity index (χ0n) is 11.1. The van der Waals surface area contributed by atoms with Crippen molar-refractivity contribution in [3.8, 4) is 0 Å². The second kappa shape index (κ2) is 7.25. The predicted octanol–water partition coefficient (Wildman–Crippen LogP) is 1.62. The first-order valence-corrected chi connectivity index (χ1v) is 7.78. The van der Waals surface area contributed by atoms with Crippen LogP contribution in [-0.2, 0) is 19.6 Å². The first kappa shape index (κ1) is 15.7. The van der Waals surface area contributed by atoms with Gasteiger partial charge in [0.15, 0.2) is 0 Å². The minimum absolute atomic E-state index is 0.00380. The molecule has 1 N–H and O–H groups in total. The van der Waals surface area contributed by atoms with E-state index in [0.29, 0.717) is 12.0 Å². The highest BCUT2D eigenvalue weighted by Gasteiger charge is 2.26. The number of hydrogen-bond acceptors (Lipinski definition) is 4. The van der Waals surface area contributed by atoms with Crippen LogP contribution in [0, 0.1) is 0 Å². The van der Waals surface area contributed by atoms with E-state index in [-0.39, 0.29) is 5.75 Å². The Morgan fingerprint density at radius 1 is 1.32 bits per heavy atom. The molecule has 19 heavy (non-hydrogen) atoms. The molecule has 0 aromatic heterocycles. The average Bonchev–Trinajstić information content (AvgIpc) is 2.43. The number of carbonyl (C=O) groups is 1. The number of unbranched alkanes of at least 4 members (excludes halogenated alkanes) is 1. The Labute approximate surface area is 114 Å². The Hall–Kier alpha value is -1.40. The van der Waals surface area contributed by atoms with Gasteiger partial charge >= 0.3 is 5.97 Å². The van der Waals surface area contributed by atoms with E-state index in [9.17, 15) is 13.2 Å². The van der Waals surface area contributed by atoms with E-state index in [1.807, 2.05) is 6.92 Å². The number of esters is 1. The lowest BCUT2D eigenvalue weighted by atomic mass is 10.1. The predicted molar refractivity (Wildman–Crippen MR) is 73.0 cm³/mol. The van der Waals surface area contributed by atoms with Gasteiger partial charge in [0, 0.05) is 0 Å². The van der Waals surface area contributed by atoms with Crippen LogP contribution in [0.25, 0.3) is 0 Å². The molecule has 0 spiro atoms. The molecule has 6 heteroatoms. The zero-order valence-corrected chi connectivity index (χ0v) is 11.9. The molecular weight excluding hydrogens is 266 g/mol. The maximum Gasteiger partial charge on any atom is 0.328 e. The van der Waals surface area contributed by atoms with Gasteiger partial charge in [0.2, 0.25) is 10.0 Å². The summed E-state index contributed by atoms with van der Waals surface area (Å²) in [5, 5.41) is 0. The van der Waals surface area contributed by atoms with Crippen molar-refractivity contribution < 1.29 is 17.9 Å². The van der Waals surface area contributed by atoms with Gasteiger partial charge in [0.1, 0.15) is 6.04 Å². The summed E-state index contributed by atoms with van der Waals surface area (Å²) in [5.74, 6) is -0.615. The van der Waals surface area contributed by atoms with Crippen LogP contribution in [0.15, 0.2) is 30.3 Å². The van der Waals surface area contributed by atoms with Crippen LogP contribution < -0.4 is 4.72 Å². The highest BCUT2D eigenvalue weighted by Crippen LogP contribution is 2.15. The third kappa shape index (κ3) is 5.00. The van der Waals surface area contributed by atoms with Crippen LogP contribution >= 0.6 is 0 Å². The summed E-state index contributed by atoms with van der Waals surface area (Å²) >= 11 is 0. The Morgan fingerprint density at radius 2 is 1.95 bits per heavy atom. The summed E-state index contributed by atoms with van der Waals surface area (Å²) in [5.41, 5.74) is 0.564. The molecule has 5 nitrogen and oxygen atoms in total. The number of methoxy groups -OCH3 is 1. The SMILES string of the molecule is CCCCS(=O)(=O)NC(C(=O)OC)c1ccccc1. The molecule has 0 aliphatic heterocycles. The smallest absolute Gasteiger partial charge is 0.328 e. The molecule has 0 saturated heterocycles. The fourth-order valence-electron chi connectivity index (χ4n) is 1.59. The lowest BCUT2D eigenvalue weighted by Gasteiger charge is -2.16. The van der Waals surface area contributed by atoms with Gasteiger partial charge in [-0.15, -0.1) is 0 Å². The minimum Gasteiger partial charge on any atom is -0.468 e. The van der Waals surface area contributed by atoms with Crippen molar-refractivity contribution in [3.05, 3.63) is 35.9 Å². The second-order valence-electron chi connectivity index (χ2n) is 4.16. The number of ether oxygens (including phenoxy) is 1. The molecule has 0 aliphatic rings. The molecule has 1 rings (SSSR count). The van der Waals surface area contributed by atoms with Crippen molar-refractivity contribution in [2.75, 3.05) is 12.9 Å². The average molecular weight is 285 g/mol. The van der Waals surface area contributed by atoms with Crippen molar-refractivity contribution >= 4 is 16.0 Å². The van der Waals surface area contributed by atoms with Crippen molar-refractivity contribution in [2.24, 2.45) is 0 Å². The summed E-state index contributed by atoms with van der Waals surface area (Å²) in [4.78, 5) is 11.7. The summed E-state index contributed by atoms with van der Waals surface area (Å²) in [6.45, 7) is 1.91. The largest absolute Gasteiger partial charge is 0.468 e. The molecule has 0 amide bonds. The molecule has 1 atom stereocenters. The van der Waals surface area contributed by atoms with Crippen LogP contribution in [0.2, 0.25) is 0 Å². The van der Waals surface area contributed by atoms with Gasteiger partial charge in [-0.1, -0.05) is 43.7 Å². The fraction of sp³-hybridized carbons (Fsp3) is 0.462. The maximum absolute atomic E-state index is 11.9. The van der Waals surface area contributed by atoms with Gasteiger partial charge in [-0.3, -0.25) is 0 Å². The van der Waals surface area contributed by atoms with E-state index in [1.165, 1.54) is 7.11 Å². The topological polar surface area (TPSA) is 72.5 Å². The molecule has 1 unspecified atom stereocenters. The number of nitrogens with one attached hydrogen (secondary N) is 1. The molecule has 0 aliphatic carbocycles. The molecule has 0 fully saturated rings.